The highest BCUT2D eigenvalue weighted by Crippen LogP contribution is 2.10. The predicted octanol–water partition coefficient (Wildman–Crippen LogP) is 3.08. The third-order valence-corrected chi connectivity index (χ3v) is 4.11. The molecule has 24 heavy (non-hydrogen) atoms. The van der Waals surface area contributed by atoms with Gasteiger partial charge >= 0.3 is 0 Å². The Morgan fingerprint density at radius 2 is 1.58 bits per heavy atom. The lowest BCUT2D eigenvalue weighted by Gasteiger charge is -2.18. The van der Waals surface area contributed by atoms with Crippen molar-refractivity contribution in [2.45, 2.75) is 26.8 Å². The zero-order chi connectivity index (χ0) is 17.5. The summed E-state index contributed by atoms with van der Waals surface area (Å²) in [6.07, 6.45) is 0.292. The molecule has 1 N–H and O–H groups in total. The number of carbonyl (C=O) groups excluding carboxylic acids is 2. The number of aryl methyl sites for hydroxylation is 2. The standard InChI is InChI=1S/C20H24N2O2/c1-15-8-4-6-10-17(15)14-22(3)19(23)12-13-21-20(24)18-11-7-5-9-16(18)2/h4-11H,12-14H2,1-3H3,(H,21,24). The van der Waals surface area contributed by atoms with Gasteiger partial charge in [0.15, 0.2) is 0 Å². The number of nitrogens with one attached hydrogen (secondary N) is 1. The van der Waals surface area contributed by atoms with Crippen LogP contribution in [0.3, 0.4) is 0 Å². The van der Waals surface area contributed by atoms with E-state index in [2.05, 4.69) is 5.32 Å². The molecule has 126 valence electrons. The molecule has 0 atom stereocenters. The van der Waals surface area contributed by atoms with Crippen molar-refractivity contribution in [1.82, 2.24) is 10.2 Å². The quantitative estimate of drug-likeness (QED) is 0.888. The number of nitrogens with zero attached hydrogens (tertiary/aromatic N) is 1. The van der Waals surface area contributed by atoms with E-state index in [0.717, 1.165) is 11.1 Å². The Kier molecular flexibility index (Phi) is 6.13. The van der Waals surface area contributed by atoms with Gasteiger partial charge in [0, 0.05) is 32.1 Å². The molecule has 0 saturated carbocycles. The molecular formula is C20H24N2O2. The Morgan fingerprint density at radius 3 is 2.25 bits per heavy atom. The van der Waals surface area contributed by atoms with Crippen molar-refractivity contribution in [3.63, 3.8) is 0 Å². The van der Waals surface area contributed by atoms with Gasteiger partial charge in [-0.05, 0) is 36.6 Å². The second-order valence-electron chi connectivity index (χ2n) is 6.00. The highest BCUT2D eigenvalue weighted by molar-refractivity contribution is 5.95. The van der Waals surface area contributed by atoms with E-state index in [0.29, 0.717) is 25.1 Å². The maximum absolute atomic E-state index is 12.2. The number of rotatable bonds is 6. The van der Waals surface area contributed by atoms with Gasteiger partial charge < -0.3 is 10.2 Å². The van der Waals surface area contributed by atoms with Crippen LogP contribution in [0.5, 0.6) is 0 Å². The average Bonchev–Trinajstić information content (AvgIpc) is 2.57. The van der Waals surface area contributed by atoms with Crippen molar-refractivity contribution in [3.05, 3.63) is 70.8 Å². The SMILES string of the molecule is Cc1ccccc1CN(C)C(=O)CCNC(=O)c1ccccc1C. The molecule has 0 radical (unpaired) electrons. The first-order valence-electron chi connectivity index (χ1n) is 8.11. The third kappa shape index (κ3) is 4.69. The number of hydrogen-bond acceptors (Lipinski definition) is 2. The van der Waals surface area contributed by atoms with Crippen molar-refractivity contribution in [1.29, 1.82) is 0 Å². The van der Waals surface area contributed by atoms with Gasteiger partial charge in [-0.3, -0.25) is 9.59 Å². The minimum Gasteiger partial charge on any atom is -0.352 e. The van der Waals surface area contributed by atoms with Gasteiger partial charge in [0.2, 0.25) is 5.91 Å². The number of amides is 2. The van der Waals surface area contributed by atoms with Crippen LogP contribution in [0.2, 0.25) is 0 Å². The minimum atomic E-state index is -0.137. The van der Waals surface area contributed by atoms with Crippen molar-refractivity contribution >= 4 is 11.8 Å². The monoisotopic (exact) mass is 324 g/mol. The third-order valence-electron chi connectivity index (χ3n) is 4.11. The summed E-state index contributed by atoms with van der Waals surface area (Å²) in [5.74, 6) is -0.120. The Hall–Kier alpha value is -2.62. The normalized spacial score (nSPS) is 10.3. The van der Waals surface area contributed by atoms with Crippen LogP contribution in [0, 0.1) is 13.8 Å². The van der Waals surface area contributed by atoms with Crippen LogP contribution < -0.4 is 5.32 Å². The first-order chi connectivity index (χ1) is 11.5. The van der Waals surface area contributed by atoms with Crippen LogP contribution >= 0.6 is 0 Å². The predicted molar refractivity (Wildman–Crippen MR) is 95.8 cm³/mol. The summed E-state index contributed by atoms with van der Waals surface area (Å²) < 4.78 is 0. The highest BCUT2D eigenvalue weighted by atomic mass is 16.2. The van der Waals surface area contributed by atoms with Crippen molar-refractivity contribution in [2.24, 2.45) is 0 Å². The minimum absolute atomic E-state index is 0.0170. The van der Waals surface area contributed by atoms with Gasteiger partial charge in [-0.25, -0.2) is 0 Å². The van der Waals surface area contributed by atoms with Crippen LogP contribution in [-0.4, -0.2) is 30.3 Å². The maximum atomic E-state index is 12.2. The summed E-state index contributed by atoms with van der Waals surface area (Å²) in [5, 5.41) is 2.81. The number of hydrogen-bond donors (Lipinski definition) is 1. The largest absolute Gasteiger partial charge is 0.352 e. The zero-order valence-corrected chi connectivity index (χ0v) is 14.5. The first kappa shape index (κ1) is 17.7. The lowest BCUT2D eigenvalue weighted by atomic mass is 10.1. The van der Waals surface area contributed by atoms with Gasteiger partial charge in [-0.2, -0.15) is 0 Å². The molecular weight excluding hydrogens is 300 g/mol. The molecule has 2 aromatic rings. The molecule has 0 aliphatic heterocycles. The average molecular weight is 324 g/mol. The van der Waals surface area contributed by atoms with Crippen molar-refractivity contribution in [2.75, 3.05) is 13.6 Å². The molecule has 2 amide bonds. The van der Waals surface area contributed by atoms with E-state index in [4.69, 9.17) is 0 Å². The smallest absolute Gasteiger partial charge is 0.251 e. The van der Waals surface area contributed by atoms with E-state index in [1.54, 1.807) is 18.0 Å². The zero-order valence-electron chi connectivity index (χ0n) is 14.5. The second-order valence-corrected chi connectivity index (χ2v) is 6.00. The van der Waals surface area contributed by atoms with E-state index in [1.165, 1.54) is 5.56 Å². The second kappa shape index (κ2) is 8.29. The van der Waals surface area contributed by atoms with E-state index in [-0.39, 0.29) is 11.8 Å². The lowest BCUT2D eigenvalue weighted by Crippen LogP contribution is -2.32. The van der Waals surface area contributed by atoms with Crippen LogP contribution in [0.4, 0.5) is 0 Å². The van der Waals surface area contributed by atoms with E-state index in [1.807, 2.05) is 56.3 Å². The molecule has 0 heterocycles. The Balaban J connectivity index is 1.82. The Labute approximate surface area is 143 Å². The van der Waals surface area contributed by atoms with Gasteiger partial charge in [0.1, 0.15) is 0 Å². The first-order valence-corrected chi connectivity index (χ1v) is 8.11. The molecule has 2 aromatic carbocycles. The summed E-state index contributed by atoms with van der Waals surface area (Å²) in [4.78, 5) is 26.0. The van der Waals surface area contributed by atoms with E-state index < -0.39 is 0 Å². The van der Waals surface area contributed by atoms with Crippen LogP contribution in [0.1, 0.15) is 33.5 Å². The summed E-state index contributed by atoms with van der Waals surface area (Å²) in [7, 11) is 1.79. The van der Waals surface area contributed by atoms with Crippen LogP contribution in [-0.2, 0) is 11.3 Å². The fraction of sp³-hybridized carbons (Fsp3) is 0.300. The maximum Gasteiger partial charge on any atom is 0.251 e. The molecule has 0 unspecified atom stereocenters. The Morgan fingerprint density at radius 1 is 0.958 bits per heavy atom. The summed E-state index contributed by atoms with van der Waals surface area (Å²) in [6, 6.07) is 15.5. The lowest BCUT2D eigenvalue weighted by molar-refractivity contribution is -0.130. The molecule has 4 heteroatoms. The molecule has 0 aromatic heterocycles. The van der Waals surface area contributed by atoms with Gasteiger partial charge in [0.25, 0.3) is 5.91 Å². The van der Waals surface area contributed by atoms with Gasteiger partial charge in [0.05, 0.1) is 0 Å². The van der Waals surface area contributed by atoms with Crippen LogP contribution in [0.25, 0.3) is 0 Å². The van der Waals surface area contributed by atoms with Crippen LogP contribution in [0.15, 0.2) is 48.5 Å². The summed E-state index contributed by atoms with van der Waals surface area (Å²) in [6.45, 7) is 4.85. The Bertz CT molecular complexity index is 725. The number of carbonyl (C=O) groups is 2. The fourth-order valence-corrected chi connectivity index (χ4v) is 2.53. The molecule has 0 aliphatic rings. The van der Waals surface area contributed by atoms with Crippen molar-refractivity contribution in [3.8, 4) is 0 Å². The molecule has 0 aliphatic carbocycles. The fourth-order valence-electron chi connectivity index (χ4n) is 2.53. The highest BCUT2D eigenvalue weighted by Gasteiger charge is 2.12. The molecule has 2 rings (SSSR count). The topological polar surface area (TPSA) is 49.4 Å². The number of benzene rings is 2. The van der Waals surface area contributed by atoms with E-state index >= 15 is 0 Å². The molecule has 0 fully saturated rings. The summed E-state index contributed by atoms with van der Waals surface area (Å²) in [5.41, 5.74) is 3.89. The van der Waals surface area contributed by atoms with Crippen molar-refractivity contribution < 1.29 is 9.59 Å². The molecule has 0 bridgehead atoms. The van der Waals surface area contributed by atoms with Gasteiger partial charge in [-0.15, -0.1) is 0 Å². The molecule has 4 nitrogen and oxygen atoms in total. The molecule has 0 saturated heterocycles. The molecule has 0 spiro atoms. The van der Waals surface area contributed by atoms with Gasteiger partial charge in [-0.1, -0.05) is 42.5 Å². The van der Waals surface area contributed by atoms with E-state index in [9.17, 15) is 9.59 Å². The summed E-state index contributed by atoms with van der Waals surface area (Å²) >= 11 is 0.